The minimum Gasteiger partial charge on any atom is -0.355 e. The highest BCUT2D eigenvalue weighted by molar-refractivity contribution is 4.95. The van der Waals surface area contributed by atoms with E-state index in [1.54, 1.807) is 0 Å². The SMILES string of the molecule is CC(C)(C)N1C=CN(CC[n+]2ccn(C(C)(C)C)c2)C1. The second-order valence-corrected chi connectivity index (χ2v) is 7.62. The minimum atomic E-state index is 0.155. The van der Waals surface area contributed by atoms with E-state index in [0.29, 0.717) is 0 Å². The van der Waals surface area contributed by atoms with Gasteiger partial charge in [0, 0.05) is 17.9 Å². The number of imidazole rings is 1. The van der Waals surface area contributed by atoms with Crippen molar-refractivity contribution < 1.29 is 4.57 Å². The fourth-order valence-electron chi connectivity index (χ4n) is 2.21. The smallest absolute Gasteiger partial charge is 0.244 e. The molecular formula is C16H29N4+. The van der Waals surface area contributed by atoms with Crippen LogP contribution in [0.25, 0.3) is 0 Å². The van der Waals surface area contributed by atoms with Gasteiger partial charge in [-0.05, 0) is 41.5 Å². The molecule has 0 bridgehead atoms. The lowest BCUT2D eigenvalue weighted by molar-refractivity contribution is -0.696. The lowest BCUT2D eigenvalue weighted by Crippen LogP contribution is -2.42. The van der Waals surface area contributed by atoms with Crippen molar-refractivity contribution in [1.82, 2.24) is 14.4 Å². The third-order valence-electron chi connectivity index (χ3n) is 3.76. The average Bonchev–Trinajstić information content (AvgIpc) is 2.94. The molecule has 0 aliphatic carbocycles. The molecule has 0 spiro atoms. The standard InChI is InChI=1S/C16H29N4/c1-15(2,3)19-11-9-17(13-19)7-8-18-10-12-20(14-18)16(4,5)6/h9-13H,7-8,14H2,1-6H3/q+1. The normalized spacial score (nSPS) is 16.3. The minimum absolute atomic E-state index is 0.155. The molecule has 0 unspecified atom stereocenters. The Hall–Kier alpha value is -1.45. The summed E-state index contributed by atoms with van der Waals surface area (Å²) in [5, 5.41) is 0. The van der Waals surface area contributed by atoms with Crippen LogP contribution in [0.1, 0.15) is 41.5 Å². The Morgan fingerprint density at radius 2 is 1.70 bits per heavy atom. The van der Waals surface area contributed by atoms with Gasteiger partial charge in [0.05, 0.1) is 13.2 Å². The first kappa shape index (κ1) is 14.9. The van der Waals surface area contributed by atoms with E-state index in [1.807, 2.05) is 0 Å². The predicted octanol–water partition coefficient (Wildman–Crippen LogP) is 2.38. The maximum atomic E-state index is 2.37. The summed E-state index contributed by atoms with van der Waals surface area (Å²) >= 11 is 0. The Labute approximate surface area is 123 Å². The van der Waals surface area contributed by atoms with Crippen LogP contribution < -0.4 is 4.57 Å². The maximum absolute atomic E-state index is 2.37. The van der Waals surface area contributed by atoms with Crippen molar-refractivity contribution in [2.45, 2.75) is 59.2 Å². The van der Waals surface area contributed by atoms with Crippen LogP contribution in [0, 0.1) is 0 Å². The van der Waals surface area contributed by atoms with Crippen LogP contribution in [-0.4, -0.2) is 33.1 Å². The molecule has 20 heavy (non-hydrogen) atoms. The molecule has 0 aromatic carbocycles. The molecule has 0 fully saturated rings. The molecule has 0 saturated heterocycles. The molecule has 2 heterocycles. The van der Waals surface area contributed by atoms with Gasteiger partial charge >= 0.3 is 0 Å². The second kappa shape index (κ2) is 5.15. The Kier molecular flexibility index (Phi) is 3.85. The Morgan fingerprint density at radius 3 is 2.20 bits per heavy atom. The molecule has 0 atom stereocenters. The zero-order valence-corrected chi connectivity index (χ0v) is 13.8. The summed E-state index contributed by atoms with van der Waals surface area (Å²) in [7, 11) is 0. The lowest BCUT2D eigenvalue weighted by Gasteiger charge is -2.33. The molecule has 112 valence electrons. The second-order valence-electron chi connectivity index (χ2n) is 7.62. The molecule has 4 nitrogen and oxygen atoms in total. The van der Waals surface area contributed by atoms with Crippen molar-refractivity contribution in [2.24, 2.45) is 0 Å². The summed E-state index contributed by atoms with van der Waals surface area (Å²) < 4.78 is 4.52. The maximum Gasteiger partial charge on any atom is 0.244 e. The van der Waals surface area contributed by atoms with Crippen LogP contribution in [-0.2, 0) is 12.1 Å². The van der Waals surface area contributed by atoms with Crippen LogP contribution in [0.2, 0.25) is 0 Å². The average molecular weight is 277 g/mol. The summed E-state index contributed by atoms with van der Waals surface area (Å²) in [6, 6.07) is 0. The molecule has 0 amide bonds. The zero-order valence-electron chi connectivity index (χ0n) is 13.8. The van der Waals surface area contributed by atoms with E-state index in [1.165, 1.54) is 0 Å². The quantitative estimate of drug-likeness (QED) is 0.788. The van der Waals surface area contributed by atoms with Crippen LogP contribution in [0.4, 0.5) is 0 Å². The largest absolute Gasteiger partial charge is 0.355 e. The number of nitrogens with zero attached hydrogens (tertiary/aromatic N) is 4. The third kappa shape index (κ3) is 3.56. The fraction of sp³-hybridized carbons (Fsp3) is 0.688. The van der Waals surface area contributed by atoms with Crippen molar-refractivity contribution >= 4 is 0 Å². The van der Waals surface area contributed by atoms with Crippen molar-refractivity contribution in [1.29, 1.82) is 0 Å². The number of rotatable bonds is 3. The van der Waals surface area contributed by atoms with E-state index in [4.69, 9.17) is 0 Å². The van der Waals surface area contributed by atoms with Crippen molar-refractivity contribution in [3.8, 4) is 0 Å². The van der Waals surface area contributed by atoms with Crippen molar-refractivity contribution in [3.63, 3.8) is 0 Å². The molecule has 1 aliphatic heterocycles. The molecular weight excluding hydrogens is 248 g/mol. The highest BCUT2D eigenvalue weighted by Gasteiger charge is 2.24. The van der Waals surface area contributed by atoms with Gasteiger partial charge in [0.2, 0.25) is 6.33 Å². The van der Waals surface area contributed by atoms with Crippen LogP contribution in [0.3, 0.4) is 0 Å². The summed E-state index contributed by atoms with van der Waals surface area (Å²) in [6.07, 6.45) is 10.9. The summed E-state index contributed by atoms with van der Waals surface area (Å²) in [4.78, 5) is 4.74. The van der Waals surface area contributed by atoms with Gasteiger partial charge in [-0.15, -0.1) is 0 Å². The topological polar surface area (TPSA) is 15.3 Å². The van der Waals surface area contributed by atoms with Crippen LogP contribution >= 0.6 is 0 Å². The lowest BCUT2D eigenvalue weighted by atomic mass is 10.1. The number of hydrogen-bond donors (Lipinski definition) is 0. The fourth-order valence-corrected chi connectivity index (χ4v) is 2.21. The first-order chi connectivity index (χ1) is 9.16. The molecule has 4 heteroatoms. The summed E-state index contributed by atoms with van der Waals surface area (Å²) in [5.41, 5.74) is 0.357. The molecule has 0 saturated carbocycles. The van der Waals surface area contributed by atoms with Gasteiger partial charge in [-0.2, -0.15) is 0 Å². The highest BCUT2D eigenvalue weighted by atomic mass is 15.4. The third-order valence-corrected chi connectivity index (χ3v) is 3.76. The Balaban J connectivity index is 1.86. The molecule has 1 aromatic rings. The molecule has 1 aliphatic rings. The van der Waals surface area contributed by atoms with E-state index < -0.39 is 0 Å². The first-order valence-electron chi connectivity index (χ1n) is 7.43. The number of aromatic nitrogens is 2. The molecule has 2 rings (SSSR count). The van der Waals surface area contributed by atoms with E-state index in [9.17, 15) is 0 Å². The van der Waals surface area contributed by atoms with Gasteiger partial charge in [-0.1, -0.05) is 0 Å². The molecule has 0 radical (unpaired) electrons. The van der Waals surface area contributed by atoms with Crippen LogP contribution in [0.5, 0.6) is 0 Å². The van der Waals surface area contributed by atoms with E-state index in [2.05, 4.69) is 91.6 Å². The van der Waals surface area contributed by atoms with Gasteiger partial charge < -0.3 is 9.80 Å². The monoisotopic (exact) mass is 277 g/mol. The van der Waals surface area contributed by atoms with Gasteiger partial charge in [0.15, 0.2) is 0 Å². The Morgan fingerprint density at radius 1 is 1.00 bits per heavy atom. The predicted molar refractivity (Wildman–Crippen MR) is 81.9 cm³/mol. The van der Waals surface area contributed by atoms with Crippen molar-refractivity contribution in [3.05, 3.63) is 31.1 Å². The van der Waals surface area contributed by atoms with E-state index in [0.717, 1.165) is 19.8 Å². The van der Waals surface area contributed by atoms with Crippen LogP contribution in [0.15, 0.2) is 31.1 Å². The van der Waals surface area contributed by atoms with Gasteiger partial charge in [-0.3, -0.25) is 0 Å². The Bertz CT molecular complexity index is 473. The van der Waals surface area contributed by atoms with Gasteiger partial charge in [0.25, 0.3) is 0 Å². The first-order valence-corrected chi connectivity index (χ1v) is 7.43. The van der Waals surface area contributed by atoms with Gasteiger partial charge in [0.1, 0.15) is 24.5 Å². The summed E-state index contributed by atoms with van der Waals surface area (Å²) in [5.74, 6) is 0. The molecule has 0 N–H and O–H groups in total. The summed E-state index contributed by atoms with van der Waals surface area (Å²) in [6.45, 7) is 16.5. The van der Waals surface area contributed by atoms with E-state index in [-0.39, 0.29) is 11.1 Å². The van der Waals surface area contributed by atoms with E-state index >= 15 is 0 Å². The highest BCUT2D eigenvalue weighted by Crippen LogP contribution is 2.18. The van der Waals surface area contributed by atoms with Crippen molar-refractivity contribution in [2.75, 3.05) is 13.2 Å². The van der Waals surface area contributed by atoms with Gasteiger partial charge in [-0.25, -0.2) is 9.13 Å². The molecule has 1 aromatic heterocycles. The zero-order chi connectivity index (χ0) is 15.0. The number of hydrogen-bond acceptors (Lipinski definition) is 2.